The number of hydrogen-bond acceptors (Lipinski definition) is 0. The summed E-state index contributed by atoms with van der Waals surface area (Å²) in [4.78, 5) is -7.90. The van der Waals surface area contributed by atoms with Crippen LogP contribution >= 0.6 is 186 Å². The van der Waals surface area contributed by atoms with Crippen LogP contribution in [0.15, 0.2) is 40.3 Å². The van der Waals surface area contributed by atoms with Gasteiger partial charge < -0.3 is 0 Å². The monoisotopic (exact) mass is 754 g/mol. The Morgan fingerprint density at radius 1 is 0.469 bits per heavy atom. The minimum absolute atomic E-state index is 0.0356. The maximum absolute atomic E-state index is 7.04. The van der Waals surface area contributed by atoms with E-state index in [9.17, 15) is 0 Å². The predicted molar refractivity (Wildman–Crippen MR) is 145 cm³/mol. The summed E-state index contributed by atoms with van der Waals surface area (Å²) in [6.07, 6.45) is 0. The van der Waals surface area contributed by atoms with Crippen LogP contribution in [-0.4, -0.2) is 28.2 Å². The van der Waals surface area contributed by atoms with Gasteiger partial charge in [0.2, 0.25) is 0 Å². The number of alkyl halides is 8. The van der Waals surface area contributed by atoms with E-state index in [0.29, 0.717) is 0 Å². The van der Waals surface area contributed by atoms with Crippen molar-refractivity contribution in [1.82, 2.24) is 0 Å². The van der Waals surface area contributed by atoms with Crippen LogP contribution in [-0.2, 0) is 0 Å². The van der Waals surface area contributed by atoms with Crippen molar-refractivity contribution in [3.05, 3.63) is 40.3 Å². The molecule has 0 aliphatic heterocycles. The van der Waals surface area contributed by atoms with Gasteiger partial charge in [0.15, 0.2) is 8.67 Å². The Hall–Kier alpha value is 3.60. The second-order valence-corrected chi connectivity index (χ2v) is 15.8. The summed E-state index contributed by atoms with van der Waals surface area (Å²) in [6.45, 7) is 0. The molecule has 6 unspecified atom stereocenters. The van der Waals surface area contributed by atoms with E-state index in [1.807, 2.05) is 0 Å². The average molecular weight is 761 g/mol. The minimum Gasteiger partial charge on any atom is -0.109 e. The van der Waals surface area contributed by atoms with E-state index in [2.05, 4.69) is 0 Å². The highest BCUT2D eigenvalue weighted by atomic mass is 35.5. The van der Waals surface area contributed by atoms with E-state index in [4.69, 9.17) is 186 Å². The molecule has 2 fully saturated rings. The zero-order valence-electron chi connectivity index (χ0n) is 14.2. The van der Waals surface area contributed by atoms with E-state index in [1.165, 1.54) is 0 Å². The number of fused-ring (bicyclic) bond motifs is 4. The number of halogens is 16. The van der Waals surface area contributed by atoms with Crippen LogP contribution < -0.4 is 0 Å². The summed E-state index contributed by atoms with van der Waals surface area (Å²) in [6, 6.07) is 0. The van der Waals surface area contributed by atoms with Crippen LogP contribution in [0.1, 0.15) is 0 Å². The molecule has 0 radical (unpaired) electrons. The molecule has 16 heteroatoms. The maximum Gasteiger partial charge on any atom is 0.170 e. The summed E-state index contributed by atoms with van der Waals surface area (Å²) in [5, 5.41) is -0.768. The Labute approximate surface area is 262 Å². The Kier molecular flexibility index (Phi) is 7.21. The lowest BCUT2D eigenvalue weighted by molar-refractivity contribution is 0.354. The Morgan fingerprint density at radius 3 is 0.938 bits per heavy atom. The molecule has 178 valence electrons. The number of rotatable bonds is 1. The quantitative estimate of drug-likeness (QED) is 0.234. The van der Waals surface area contributed by atoms with E-state index in [-0.39, 0.29) is 40.3 Å². The van der Waals surface area contributed by atoms with Crippen molar-refractivity contribution in [1.29, 1.82) is 0 Å². The van der Waals surface area contributed by atoms with Crippen molar-refractivity contribution in [2.75, 3.05) is 0 Å². The largest absolute Gasteiger partial charge is 0.170 e. The Balaban J connectivity index is 2.18. The first-order valence-corrected chi connectivity index (χ1v) is 14.1. The molecule has 4 rings (SSSR count). The van der Waals surface area contributed by atoms with Crippen LogP contribution in [0, 0.1) is 11.8 Å². The lowest BCUT2D eigenvalue weighted by Gasteiger charge is -2.44. The van der Waals surface area contributed by atoms with Crippen molar-refractivity contribution in [2.45, 2.75) is 28.2 Å². The second-order valence-electron chi connectivity index (χ2n) is 7.45. The van der Waals surface area contributed by atoms with E-state index in [1.54, 1.807) is 0 Å². The standard InChI is InChI=1S/C16H2Cl16/c17-5-7(19)13(27)3(9(21)22)1(11(5,25)15(13,29)30)2-4(10(23)24)14(28)8(20)6(18)12(2,26)16(14,31)32/h1-2H. The molecular formula is C16H2Cl16. The van der Waals surface area contributed by atoms with Gasteiger partial charge in [-0.1, -0.05) is 139 Å². The van der Waals surface area contributed by atoms with Crippen LogP contribution in [0.25, 0.3) is 0 Å². The topological polar surface area (TPSA) is 0 Å². The molecule has 6 atom stereocenters. The Morgan fingerprint density at radius 2 is 0.719 bits per heavy atom. The van der Waals surface area contributed by atoms with Gasteiger partial charge in [-0.25, -0.2) is 0 Å². The molecule has 4 bridgehead atoms. The fourth-order valence-electron chi connectivity index (χ4n) is 5.03. The van der Waals surface area contributed by atoms with E-state index < -0.39 is 40.0 Å². The lowest BCUT2D eigenvalue weighted by atomic mass is 9.70. The maximum atomic E-state index is 7.04. The normalized spacial score (nSPS) is 46.1. The van der Waals surface area contributed by atoms with Crippen molar-refractivity contribution in [2.24, 2.45) is 11.8 Å². The number of hydrogen-bond donors (Lipinski definition) is 0. The van der Waals surface area contributed by atoms with Gasteiger partial charge in [-0.2, -0.15) is 0 Å². The predicted octanol–water partition coefficient (Wildman–Crippen LogP) is 11.3. The molecule has 0 aromatic carbocycles. The van der Waals surface area contributed by atoms with Crippen molar-refractivity contribution in [3.63, 3.8) is 0 Å². The third-order valence-electron chi connectivity index (χ3n) is 6.37. The first-order valence-electron chi connectivity index (χ1n) is 8.01. The fourth-order valence-corrected chi connectivity index (χ4v) is 12.0. The summed E-state index contributed by atoms with van der Waals surface area (Å²) >= 11 is 105. The summed E-state index contributed by atoms with van der Waals surface area (Å²) in [5.41, 5.74) is -0.0712. The van der Waals surface area contributed by atoms with Crippen LogP contribution in [0.5, 0.6) is 0 Å². The molecule has 0 N–H and O–H groups in total. The molecule has 0 amide bonds. The smallest absolute Gasteiger partial charge is 0.109 e. The van der Waals surface area contributed by atoms with Gasteiger partial charge in [0, 0.05) is 11.8 Å². The summed E-state index contributed by atoms with van der Waals surface area (Å²) < 4.78 is -4.96. The third-order valence-corrected chi connectivity index (χ3v) is 15.6. The van der Waals surface area contributed by atoms with Crippen LogP contribution in [0.2, 0.25) is 0 Å². The zero-order valence-corrected chi connectivity index (χ0v) is 26.3. The summed E-state index contributed by atoms with van der Waals surface area (Å²) in [7, 11) is 0. The Bertz CT molecular complexity index is 1000. The molecule has 0 spiro atoms. The van der Waals surface area contributed by atoms with Crippen molar-refractivity contribution < 1.29 is 0 Å². The molecule has 0 saturated heterocycles. The number of allylic oxidation sites excluding steroid dienone is 6. The highest BCUT2D eigenvalue weighted by Gasteiger charge is 2.89. The van der Waals surface area contributed by atoms with Gasteiger partial charge in [-0.15, -0.1) is 46.4 Å². The summed E-state index contributed by atoms with van der Waals surface area (Å²) in [5.74, 6) is -2.51. The fraction of sp³-hybridized carbons (Fsp3) is 0.500. The van der Waals surface area contributed by atoms with Gasteiger partial charge in [0.1, 0.15) is 28.5 Å². The zero-order chi connectivity index (χ0) is 24.8. The second kappa shape index (κ2) is 8.06. The molecule has 4 aliphatic carbocycles. The van der Waals surface area contributed by atoms with Crippen molar-refractivity contribution >= 4 is 186 Å². The first-order chi connectivity index (χ1) is 14.3. The van der Waals surface area contributed by atoms with Gasteiger partial charge in [0.25, 0.3) is 0 Å². The van der Waals surface area contributed by atoms with E-state index >= 15 is 0 Å². The first kappa shape index (κ1) is 28.6. The van der Waals surface area contributed by atoms with Gasteiger partial charge >= 0.3 is 0 Å². The van der Waals surface area contributed by atoms with Crippen molar-refractivity contribution in [3.8, 4) is 0 Å². The van der Waals surface area contributed by atoms with Gasteiger partial charge in [-0.05, 0) is 11.1 Å². The molecule has 0 aromatic rings. The molecule has 4 aliphatic rings. The molecule has 0 heterocycles. The average Bonchev–Trinajstić information content (AvgIpc) is 3.00. The molecule has 0 nitrogen and oxygen atoms in total. The SMILES string of the molecule is ClC(Cl)=C1C(C2C(=C(Cl)Cl)C3(Cl)C(Cl)=C(Cl)C2(Cl)C3(Cl)Cl)C2(Cl)C(Cl)=C(Cl)C1(Cl)C2(Cl)Cl. The molecule has 0 aromatic heterocycles. The highest BCUT2D eigenvalue weighted by Crippen LogP contribution is 2.84. The molecule has 32 heavy (non-hydrogen) atoms. The molecule has 2 saturated carbocycles. The van der Waals surface area contributed by atoms with Crippen LogP contribution in [0.4, 0.5) is 0 Å². The van der Waals surface area contributed by atoms with Crippen LogP contribution in [0.3, 0.4) is 0 Å². The highest BCUT2D eigenvalue weighted by molar-refractivity contribution is 6.70. The van der Waals surface area contributed by atoms with Gasteiger partial charge in [-0.3, -0.25) is 0 Å². The molecular weight excluding hydrogens is 759 g/mol. The van der Waals surface area contributed by atoms with Gasteiger partial charge in [0.05, 0.1) is 20.1 Å². The van der Waals surface area contributed by atoms with E-state index in [0.717, 1.165) is 0 Å². The lowest BCUT2D eigenvalue weighted by Crippen LogP contribution is -2.51. The minimum atomic E-state index is -2.11. The third kappa shape index (κ3) is 2.67.